The van der Waals surface area contributed by atoms with Gasteiger partial charge in [-0.2, -0.15) is 0 Å². The van der Waals surface area contributed by atoms with E-state index in [0.29, 0.717) is 19.3 Å². The molecule has 0 spiro atoms. The third-order valence-corrected chi connectivity index (χ3v) is 4.83. The Balaban J connectivity index is 3.03. The lowest BCUT2D eigenvalue weighted by Crippen LogP contribution is -2.37. The van der Waals surface area contributed by atoms with Crippen LogP contribution in [-0.2, 0) is 16.0 Å². The van der Waals surface area contributed by atoms with Gasteiger partial charge in [0.25, 0.3) is 0 Å². The fraction of sp³-hybridized carbons (Fsp3) is 0.600. The highest BCUT2D eigenvalue weighted by molar-refractivity contribution is 5.77. The number of carbonyl (C=O) groups is 2. The normalized spacial score (nSPS) is 14.8. The summed E-state index contributed by atoms with van der Waals surface area (Å²) in [4.78, 5) is 23.6. The van der Waals surface area contributed by atoms with Gasteiger partial charge in [-0.05, 0) is 31.2 Å². The summed E-state index contributed by atoms with van der Waals surface area (Å²) in [6.45, 7) is 3.93. The smallest absolute Gasteiger partial charge is 0.309 e. The summed E-state index contributed by atoms with van der Waals surface area (Å²) in [5.74, 6) is -2.39. The van der Waals surface area contributed by atoms with Crippen LogP contribution in [-0.4, -0.2) is 22.2 Å². The molecule has 2 N–H and O–H groups in total. The van der Waals surface area contributed by atoms with Crippen LogP contribution in [0.1, 0.15) is 64.4 Å². The minimum absolute atomic E-state index is 0.190. The van der Waals surface area contributed by atoms with Gasteiger partial charge in [0.15, 0.2) is 0 Å². The molecule has 0 saturated carbocycles. The van der Waals surface area contributed by atoms with Crippen LogP contribution in [0.4, 0.5) is 0 Å². The minimum Gasteiger partial charge on any atom is -0.481 e. The quantitative estimate of drug-likeness (QED) is 0.540. The first-order valence-electron chi connectivity index (χ1n) is 8.95. The van der Waals surface area contributed by atoms with Gasteiger partial charge in [-0.15, -0.1) is 0 Å². The zero-order chi connectivity index (χ0) is 18.0. The Morgan fingerprint density at radius 3 is 2.21 bits per heavy atom. The van der Waals surface area contributed by atoms with Crippen LogP contribution >= 0.6 is 0 Å². The van der Waals surface area contributed by atoms with E-state index in [1.165, 1.54) is 0 Å². The molecular formula is C20H30O4. The first-order valence-corrected chi connectivity index (χ1v) is 8.95. The van der Waals surface area contributed by atoms with Crippen molar-refractivity contribution in [3.05, 3.63) is 35.9 Å². The van der Waals surface area contributed by atoms with Crippen LogP contribution in [0.25, 0.3) is 0 Å². The van der Waals surface area contributed by atoms with E-state index in [2.05, 4.69) is 6.92 Å². The number of hydrogen-bond acceptors (Lipinski definition) is 2. The molecule has 0 aliphatic carbocycles. The van der Waals surface area contributed by atoms with Gasteiger partial charge in [0.1, 0.15) is 0 Å². The fourth-order valence-corrected chi connectivity index (χ4v) is 3.29. The van der Waals surface area contributed by atoms with Crippen LogP contribution in [0.3, 0.4) is 0 Å². The second-order valence-corrected chi connectivity index (χ2v) is 6.71. The van der Waals surface area contributed by atoms with Crippen LogP contribution in [0, 0.1) is 11.3 Å². The summed E-state index contributed by atoms with van der Waals surface area (Å²) >= 11 is 0. The average molecular weight is 334 g/mol. The summed E-state index contributed by atoms with van der Waals surface area (Å²) in [7, 11) is 0. The number of carboxylic acid groups (broad SMARTS) is 2. The molecule has 0 aliphatic heterocycles. The van der Waals surface area contributed by atoms with E-state index in [0.717, 1.165) is 31.2 Å². The molecule has 4 nitrogen and oxygen atoms in total. The summed E-state index contributed by atoms with van der Waals surface area (Å²) in [6.07, 6.45) is 5.54. The second-order valence-electron chi connectivity index (χ2n) is 6.71. The van der Waals surface area contributed by atoms with Crippen molar-refractivity contribution in [2.45, 2.75) is 65.2 Å². The summed E-state index contributed by atoms with van der Waals surface area (Å²) < 4.78 is 0. The standard InChI is InChI=1S/C20H30O4/c1-3-5-6-10-13-20(19(23)24,15-17(4-2)18(21)22)14-16-11-8-7-9-12-16/h7-9,11-12,17H,3-6,10,13-15H2,1-2H3,(H,21,22)(H,23,24). The van der Waals surface area contributed by atoms with Crippen LogP contribution in [0.2, 0.25) is 0 Å². The molecule has 0 bridgehead atoms. The number of hydrogen-bond donors (Lipinski definition) is 2. The molecule has 0 radical (unpaired) electrons. The Morgan fingerprint density at radius 1 is 1.04 bits per heavy atom. The molecule has 2 atom stereocenters. The highest BCUT2D eigenvalue weighted by atomic mass is 16.4. The van der Waals surface area contributed by atoms with E-state index < -0.39 is 23.3 Å². The van der Waals surface area contributed by atoms with E-state index in [1.54, 1.807) is 0 Å². The highest BCUT2D eigenvalue weighted by Crippen LogP contribution is 2.38. The minimum atomic E-state index is -1.01. The third-order valence-electron chi connectivity index (χ3n) is 4.83. The molecule has 1 rings (SSSR count). The predicted octanol–water partition coefficient (Wildman–Crippen LogP) is 4.77. The van der Waals surface area contributed by atoms with Gasteiger partial charge < -0.3 is 10.2 Å². The van der Waals surface area contributed by atoms with Crippen molar-refractivity contribution in [3.8, 4) is 0 Å². The predicted molar refractivity (Wildman–Crippen MR) is 95.0 cm³/mol. The topological polar surface area (TPSA) is 74.6 Å². The van der Waals surface area contributed by atoms with E-state index in [9.17, 15) is 19.8 Å². The Labute approximate surface area is 144 Å². The van der Waals surface area contributed by atoms with Gasteiger partial charge >= 0.3 is 11.9 Å². The molecule has 24 heavy (non-hydrogen) atoms. The molecule has 1 aromatic carbocycles. The lowest BCUT2D eigenvalue weighted by molar-refractivity contribution is -0.153. The SMILES string of the molecule is CCCCCCC(Cc1ccccc1)(CC(CC)C(=O)O)C(=O)O. The molecule has 0 aliphatic rings. The zero-order valence-corrected chi connectivity index (χ0v) is 14.8. The molecule has 4 heteroatoms. The van der Waals surface area contributed by atoms with E-state index in [-0.39, 0.29) is 6.42 Å². The Bertz CT molecular complexity index is 512. The summed E-state index contributed by atoms with van der Waals surface area (Å²) in [5.41, 5.74) is -0.0515. The third kappa shape index (κ3) is 5.99. The van der Waals surface area contributed by atoms with Gasteiger partial charge in [0.05, 0.1) is 11.3 Å². The molecule has 2 unspecified atom stereocenters. The van der Waals surface area contributed by atoms with Crippen molar-refractivity contribution in [2.75, 3.05) is 0 Å². The first kappa shape index (κ1) is 20.2. The Morgan fingerprint density at radius 2 is 1.71 bits per heavy atom. The zero-order valence-electron chi connectivity index (χ0n) is 14.8. The van der Waals surface area contributed by atoms with Gasteiger partial charge in [-0.1, -0.05) is 69.9 Å². The number of benzene rings is 1. The van der Waals surface area contributed by atoms with Crippen molar-refractivity contribution in [2.24, 2.45) is 11.3 Å². The van der Waals surface area contributed by atoms with Crippen molar-refractivity contribution in [3.63, 3.8) is 0 Å². The monoisotopic (exact) mass is 334 g/mol. The van der Waals surface area contributed by atoms with Crippen molar-refractivity contribution < 1.29 is 19.8 Å². The second kappa shape index (κ2) is 10.1. The van der Waals surface area contributed by atoms with Gasteiger partial charge in [-0.3, -0.25) is 9.59 Å². The van der Waals surface area contributed by atoms with E-state index >= 15 is 0 Å². The van der Waals surface area contributed by atoms with E-state index in [1.807, 2.05) is 37.3 Å². The molecular weight excluding hydrogens is 304 g/mol. The molecule has 0 aromatic heterocycles. The maximum Gasteiger partial charge on any atom is 0.309 e. The van der Waals surface area contributed by atoms with Crippen molar-refractivity contribution >= 4 is 11.9 Å². The molecule has 0 heterocycles. The molecule has 0 amide bonds. The van der Waals surface area contributed by atoms with Crippen molar-refractivity contribution in [1.29, 1.82) is 0 Å². The lowest BCUT2D eigenvalue weighted by atomic mass is 9.71. The number of rotatable bonds is 12. The van der Waals surface area contributed by atoms with Crippen LogP contribution in [0.15, 0.2) is 30.3 Å². The largest absolute Gasteiger partial charge is 0.481 e. The van der Waals surface area contributed by atoms with Gasteiger partial charge in [-0.25, -0.2) is 0 Å². The first-order chi connectivity index (χ1) is 11.4. The average Bonchev–Trinajstić information content (AvgIpc) is 2.56. The van der Waals surface area contributed by atoms with Crippen LogP contribution in [0.5, 0.6) is 0 Å². The van der Waals surface area contributed by atoms with Crippen molar-refractivity contribution in [1.82, 2.24) is 0 Å². The molecule has 0 fully saturated rings. The number of aliphatic carboxylic acids is 2. The lowest BCUT2D eigenvalue weighted by Gasteiger charge is -2.32. The fourth-order valence-electron chi connectivity index (χ4n) is 3.29. The molecule has 1 aromatic rings. The maximum atomic E-state index is 12.2. The molecule has 0 saturated heterocycles. The summed E-state index contributed by atoms with van der Waals surface area (Å²) in [5, 5.41) is 19.4. The van der Waals surface area contributed by atoms with Crippen LogP contribution < -0.4 is 0 Å². The number of carboxylic acids is 2. The molecule has 134 valence electrons. The van der Waals surface area contributed by atoms with Gasteiger partial charge in [0.2, 0.25) is 0 Å². The Hall–Kier alpha value is -1.84. The number of unbranched alkanes of at least 4 members (excludes halogenated alkanes) is 3. The highest BCUT2D eigenvalue weighted by Gasteiger charge is 2.41. The Kier molecular flexibility index (Phi) is 8.51. The summed E-state index contributed by atoms with van der Waals surface area (Å²) in [6, 6.07) is 9.54. The van der Waals surface area contributed by atoms with Gasteiger partial charge in [0, 0.05) is 0 Å². The van der Waals surface area contributed by atoms with E-state index in [4.69, 9.17) is 0 Å². The maximum absolute atomic E-state index is 12.2.